The first-order valence-electron chi connectivity index (χ1n) is 4.40. The molecule has 5 heteroatoms. The summed E-state index contributed by atoms with van der Waals surface area (Å²) in [6.07, 6.45) is -2.59. The summed E-state index contributed by atoms with van der Waals surface area (Å²) < 4.78 is 0. The van der Waals surface area contributed by atoms with Crippen LogP contribution in [0.4, 0.5) is 0 Å². The van der Waals surface area contributed by atoms with Crippen LogP contribution in [0.1, 0.15) is 18.1 Å². The van der Waals surface area contributed by atoms with Crippen molar-refractivity contribution >= 4 is 17.5 Å². The number of nitrogens with two attached hydrogens (primary N) is 1. The van der Waals surface area contributed by atoms with Gasteiger partial charge in [0.25, 0.3) is 0 Å². The molecular formula is C10H12ClNO3. The van der Waals surface area contributed by atoms with Crippen LogP contribution in [0, 0.1) is 0 Å². The summed E-state index contributed by atoms with van der Waals surface area (Å²) in [7, 11) is 0. The summed E-state index contributed by atoms with van der Waals surface area (Å²) >= 11 is 5.66. The zero-order valence-electron chi connectivity index (χ0n) is 7.93. The number of rotatable bonds is 4. The minimum Gasteiger partial charge on any atom is -0.390 e. The summed E-state index contributed by atoms with van der Waals surface area (Å²) in [5, 5.41) is 19.6. The first-order chi connectivity index (χ1) is 7.00. The van der Waals surface area contributed by atoms with E-state index in [0.29, 0.717) is 10.6 Å². The third-order valence-electron chi connectivity index (χ3n) is 1.99. The van der Waals surface area contributed by atoms with Gasteiger partial charge >= 0.3 is 0 Å². The Bertz CT molecular complexity index is 339. The Morgan fingerprint density at radius 2 is 1.87 bits per heavy atom. The standard InChI is InChI=1S/C10H12ClNO3/c11-7-3-1-6(2-4-7)10(15)8(13)5-9(12)14/h1-4,8,10,13,15H,5H2,(H2,12,14). The molecule has 0 bridgehead atoms. The molecule has 0 aliphatic heterocycles. The molecule has 4 nitrogen and oxygen atoms in total. The van der Waals surface area contributed by atoms with Crippen LogP contribution in [-0.4, -0.2) is 22.2 Å². The monoisotopic (exact) mass is 229 g/mol. The van der Waals surface area contributed by atoms with Crippen molar-refractivity contribution < 1.29 is 15.0 Å². The maximum Gasteiger partial charge on any atom is 0.220 e. The fourth-order valence-corrected chi connectivity index (χ4v) is 1.33. The Hall–Kier alpha value is -1.10. The molecule has 1 aromatic carbocycles. The quantitative estimate of drug-likeness (QED) is 0.707. The van der Waals surface area contributed by atoms with E-state index < -0.39 is 18.1 Å². The largest absolute Gasteiger partial charge is 0.390 e. The Morgan fingerprint density at radius 1 is 1.33 bits per heavy atom. The molecule has 1 rings (SSSR count). The number of primary amides is 1. The van der Waals surface area contributed by atoms with Crippen LogP contribution in [-0.2, 0) is 4.79 Å². The van der Waals surface area contributed by atoms with Gasteiger partial charge in [0.2, 0.25) is 5.91 Å². The molecule has 0 saturated carbocycles. The molecule has 0 heterocycles. The first kappa shape index (κ1) is 12.0. The lowest BCUT2D eigenvalue weighted by molar-refractivity contribution is -0.121. The normalized spacial score (nSPS) is 14.6. The highest BCUT2D eigenvalue weighted by atomic mass is 35.5. The van der Waals surface area contributed by atoms with Crippen molar-refractivity contribution in [2.45, 2.75) is 18.6 Å². The van der Waals surface area contributed by atoms with Crippen LogP contribution in [0.15, 0.2) is 24.3 Å². The number of aliphatic hydroxyl groups is 2. The van der Waals surface area contributed by atoms with Crippen LogP contribution in [0.25, 0.3) is 0 Å². The van der Waals surface area contributed by atoms with Crippen molar-refractivity contribution in [3.63, 3.8) is 0 Å². The van der Waals surface area contributed by atoms with Gasteiger partial charge in [0.05, 0.1) is 12.5 Å². The second kappa shape index (κ2) is 5.11. The van der Waals surface area contributed by atoms with Crippen LogP contribution in [0.5, 0.6) is 0 Å². The SMILES string of the molecule is NC(=O)CC(O)C(O)c1ccc(Cl)cc1. The molecule has 0 saturated heterocycles. The molecule has 4 N–H and O–H groups in total. The number of halogens is 1. The third-order valence-corrected chi connectivity index (χ3v) is 2.24. The minimum atomic E-state index is -1.19. The van der Waals surface area contributed by atoms with E-state index in [1.807, 2.05) is 0 Å². The highest BCUT2D eigenvalue weighted by Gasteiger charge is 2.19. The Labute approximate surface area is 92.3 Å². The fraction of sp³-hybridized carbons (Fsp3) is 0.300. The van der Waals surface area contributed by atoms with Crippen molar-refractivity contribution in [3.05, 3.63) is 34.9 Å². The highest BCUT2D eigenvalue weighted by Crippen LogP contribution is 2.20. The van der Waals surface area contributed by atoms with Gasteiger partial charge in [-0.25, -0.2) is 0 Å². The van der Waals surface area contributed by atoms with E-state index in [-0.39, 0.29) is 6.42 Å². The van der Waals surface area contributed by atoms with Gasteiger partial charge in [0.1, 0.15) is 6.10 Å². The molecule has 1 amide bonds. The molecule has 2 unspecified atom stereocenters. The molecule has 0 radical (unpaired) electrons. The Balaban J connectivity index is 2.71. The van der Waals surface area contributed by atoms with Crippen LogP contribution >= 0.6 is 11.6 Å². The molecule has 0 aliphatic rings. The van der Waals surface area contributed by atoms with E-state index in [9.17, 15) is 15.0 Å². The van der Waals surface area contributed by atoms with Gasteiger partial charge in [-0.15, -0.1) is 0 Å². The molecular weight excluding hydrogens is 218 g/mol. The number of hydrogen-bond donors (Lipinski definition) is 3. The number of carbonyl (C=O) groups excluding carboxylic acids is 1. The smallest absolute Gasteiger partial charge is 0.220 e. The lowest BCUT2D eigenvalue weighted by Crippen LogP contribution is -2.25. The van der Waals surface area contributed by atoms with Gasteiger partial charge < -0.3 is 15.9 Å². The summed E-state index contributed by atoms with van der Waals surface area (Å²) in [4.78, 5) is 10.5. The predicted molar refractivity (Wildman–Crippen MR) is 56.2 cm³/mol. The van der Waals surface area contributed by atoms with Crippen LogP contribution in [0.3, 0.4) is 0 Å². The van der Waals surface area contributed by atoms with Gasteiger partial charge in [-0.3, -0.25) is 4.79 Å². The number of benzene rings is 1. The molecule has 0 aromatic heterocycles. The van der Waals surface area contributed by atoms with E-state index in [2.05, 4.69) is 0 Å². The molecule has 2 atom stereocenters. The average Bonchev–Trinajstić information content (AvgIpc) is 2.17. The zero-order chi connectivity index (χ0) is 11.4. The Morgan fingerprint density at radius 3 is 2.33 bits per heavy atom. The van der Waals surface area contributed by atoms with Crippen molar-refractivity contribution in [1.29, 1.82) is 0 Å². The second-order valence-corrected chi connectivity index (χ2v) is 3.67. The first-order valence-corrected chi connectivity index (χ1v) is 4.78. The van der Waals surface area contributed by atoms with E-state index in [1.54, 1.807) is 24.3 Å². The zero-order valence-corrected chi connectivity index (χ0v) is 8.69. The van der Waals surface area contributed by atoms with Gasteiger partial charge in [-0.05, 0) is 17.7 Å². The van der Waals surface area contributed by atoms with Crippen molar-refractivity contribution in [2.24, 2.45) is 5.73 Å². The second-order valence-electron chi connectivity index (χ2n) is 3.23. The lowest BCUT2D eigenvalue weighted by atomic mass is 10.0. The number of aliphatic hydroxyl groups excluding tert-OH is 2. The van der Waals surface area contributed by atoms with E-state index in [4.69, 9.17) is 17.3 Å². The van der Waals surface area contributed by atoms with Gasteiger partial charge in [-0.2, -0.15) is 0 Å². The fourth-order valence-electron chi connectivity index (χ4n) is 1.20. The lowest BCUT2D eigenvalue weighted by Gasteiger charge is -2.16. The minimum absolute atomic E-state index is 0.274. The molecule has 82 valence electrons. The Kier molecular flexibility index (Phi) is 4.08. The van der Waals surface area contributed by atoms with Gasteiger partial charge in [0, 0.05) is 5.02 Å². The number of carbonyl (C=O) groups is 1. The van der Waals surface area contributed by atoms with Crippen molar-refractivity contribution in [2.75, 3.05) is 0 Å². The number of amides is 1. The molecule has 1 aromatic rings. The summed E-state index contributed by atoms with van der Waals surface area (Å²) in [5.41, 5.74) is 5.40. The van der Waals surface area contributed by atoms with Crippen LogP contribution < -0.4 is 5.73 Å². The maximum absolute atomic E-state index is 10.5. The van der Waals surface area contributed by atoms with E-state index in [0.717, 1.165) is 0 Å². The van der Waals surface area contributed by atoms with E-state index in [1.165, 1.54) is 0 Å². The summed E-state index contributed by atoms with van der Waals surface area (Å²) in [6.45, 7) is 0. The van der Waals surface area contributed by atoms with Gasteiger partial charge in [0.15, 0.2) is 0 Å². The third kappa shape index (κ3) is 3.51. The average molecular weight is 230 g/mol. The maximum atomic E-state index is 10.5. The van der Waals surface area contributed by atoms with Crippen molar-refractivity contribution in [3.8, 4) is 0 Å². The molecule has 0 aliphatic carbocycles. The van der Waals surface area contributed by atoms with Crippen LogP contribution in [0.2, 0.25) is 5.02 Å². The van der Waals surface area contributed by atoms with Gasteiger partial charge in [-0.1, -0.05) is 23.7 Å². The summed E-state index contributed by atoms with van der Waals surface area (Å²) in [5.74, 6) is -0.657. The summed E-state index contributed by atoms with van der Waals surface area (Å²) in [6, 6.07) is 6.35. The van der Waals surface area contributed by atoms with Crippen molar-refractivity contribution in [1.82, 2.24) is 0 Å². The molecule has 0 fully saturated rings. The molecule has 0 spiro atoms. The van der Waals surface area contributed by atoms with E-state index >= 15 is 0 Å². The highest BCUT2D eigenvalue weighted by molar-refractivity contribution is 6.30. The molecule has 15 heavy (non-hydrogen) atoms. The number of hydrogen-bond acceptors (Lipinski definition) is 3. The topological polar surface area (TPSA) is 83.6 Å². The predicted octanol–water partition coefficient (Wildman–Crippen LogP) is 0.610.